The normalized spacial score (nSPS) is 12.4. The Bertz CT molecular complexity index is 3430. The topological polar surface area (TPSA) is 64.1 Å². The largest absolute Gasteiger partial charge is 0.507 e. The fourth-order valence-electron chi connectivity index (χ4n) is 9.21. The van der Waals surface area contributed by atoms with E-state index >= 15 is 0 Å². The summed E-state index contributed by atoms with van der Waals surface area (Å²) in [7, 11) is 0. The molecule has 65 heavy (non-hydrogen) atoms. The number of pyridine rings is 1. The van der Waals surface area contributed by atoms with Gasteiger partial charge in [-0.15, -0.1) is 0 Å². The molecule has 1 N–H and O–H groups in total. The zero-order valence-electron chi connectivity index (χ0n) is 38.8. The lowest BCUT2D eigenvalue weighted by Crippen LogP contribution is -2.17. The van der Waals surface area contributed by atoms with Gasteiger partial charge in [0.05, 0.1) is 28.0 Å². The van der Waals surface area contributed by atoms with Crippen LogP contribution in [0.4, 0.5) is 0 Å². The molecular formula is C60H55N3O2. The monoisotopic (exact) mass is 849 g/mol. The molecule has 7 aromatic carbocycles. The van der Waals surface area contributed by atoms with E-state index in [1.807, 2.05) is 24.4 Å². The molecule has 5 heteroatoms. The van der Waals surface area contributed by atoms with Gasteiger partial charge >= 0.3 is 0 Å². The van der Waals surface area contributed by atoms with Crippen molar-refractivity contribution >= 4 is 33.0 Å². The van der Waals surface area contributed by atoms with Crippen molar-refractivity contribution in [2.75, 3.05) is 0 Å². The standard InChI is InChI=1S/C60H55N3O2/c1-58(2,3)41-27-28-50(45(34-41)38-21-14-11-15-22-38)63-51-25-18-24-43(55(51)62-57(63)47-35-42(59(4,5)6)36-48(56(47)64)60(7,8)9)46-31-40(33-53-54(46)44-23-16-17-26-52(44)65-53)49-32-39(29-30-61-49)37-19-12-10-13-20-37/h10-36,64H,1-9H3. The van der Waals surface area contributed by atoms with Gasteiger partial charge in [0.15, 0.2) is 0 Å². The van der Waals surface area contributed by atoms with Crippen LogP contribution < -0.4 is 0 Å². The van der Waals surface area contributed by atoms with Crippen LogP contribution in [0.3, 0.4) is 0 Å². The summed E-state index contributed by atoms with van der Waals surface area (Å²) in [6, 6.07) is 55.5. The minimum absolute atomic E-state index is 0.0881. The number of furan rings is 1. The number of para-hydroxylation sites is 2. The van der Waals surface area contributed by atoms with E-state index in [0.29, 0.717) is 11.4 Å². The van der Waals surface area contributed by atoms with Crippen molar-refractivity contribution in [3.63, 3.8) is 0 Å². The number of hydrogen-bond acceptors (Lipinski definition) is 4. The fraction of sp³-hybridized carbons (Fsp3) is 0.200. The first-order valence-corrected chi connectivity index (χ1v) is 22.6. The molecule has 3 aromatic heterocycles. The molecule has 0 bridgehead atoms. The van der Waals surface area contributed by atoms with Crippen molar-refractivity contribution in [3.05, 3.63) is 181 Å². The molecule has 0 radical (unpaired) electrons. The van der Waals surface area contributed by atoms with Crippen molar-refractivity contribution in [2.45, 2.75) is 78.6 Å². The Morgan fingerprint density at radius 1 is 0.492 bits per heavy atom. The first kappa shape index (κ1) is 41.8. The zero-order valence-corrected chi connectivity index (χ0v) is 38.8. The van der Waals surface area contributed by atoms with E-state index in [-0.39, 0.29) is 22.0 Å². The first-order chi connectivity index (χ1) is 31.0. The van der Waals surface area contributed by atoms with E-state index in [1.54, 1.807) is 0 Å². The van der Waals surface area contributed by atoms with Crippen LogP contribution in [0.5, 0.6) is 5.75 Å². The maximum absolute atomic E-state index is 12.6. The Kier molecular flexibility index (Phi) is 9.95. The van der Waals surface area contributed by atoms with E-state index in [4.69, 9.17) is 14.4 Å². The van der Waals surface area contributed by atoms with Crippen LogP contribution in [0.2, 0.25) is 0 Å². The molecule has 0 unspecified atom stereocenters. The summed E-state index contributed by atoms with van der Waals surface area (Å²) in [5.74, 6) is 0.912. The second-order valence-electron chi connectivity index (χ2n) is 20.5. The second-order valence-corrected chi connectivity index (χ2v) is 20.5. The Hall–Kier alpha value is -7.24. The molecule has 0 fully saturated rings. The van der Waals surface area contributed by atoms with Gasteiger partial charge in [-0.3, -0.25) is 9.55 Å². The summed E-state index contributed by atoms with van der Waals surface area (Å²) in [6.07, 6.45) is 1.88. The predicted molar refractivity (Wildman–Crippen MR) is 271 cm³/mol. The van der Waals surface area contributed by atoms with Crippen LogP contribution in [0.15, 0.2) is 168 Å². The van der Waals surface area contributed by atoms with E-state index < -0.39 is 0 Å². The van der Waals surface area contributed by atoms with E-state index in [1.165, 1.54) is 5.56 Å². The second kappa shape index (κ2) is 15.5. The lowest BCUT2D eigenvalue weighted by molar-refractivity contribution is 0.446. The molecule has 10 aromatic rings. The average Bonchev–Trinajstić information content (AvgIpc) is 3.87. The lowest BCUT2D eigenvalue weighted by atomic mass is 9.79. The molecule has 0 amide bonds. The molecule has 0 spiro atoms. The molecule has 0 saturated heterocycles. The summed E-state index contributed by atoms with van der Waals surface area (Å²) in [4.78, 5) is 10.7. The van der Waals surface area contributed by atoms with Gasteiger partial charge in [0.1, 0.15) is 22.7 Å². The van der Waals surface area contributed by atoms with Crippen LogP contribution >= 0.6 is 0 Å². The van der Waals surface area contributed by atoms with E-state index in [0.717, 1.165) is 94.4 Å². The fourth-order valence-corrected chi connectivity index (χ4v) is 9.21. The number of hydrogen-bond donors (Lipinski definition) is 1. The van der Waals surface area contributed by atoms with Gasteiger partial charge in [0.2, 0.25) is 0 Å². The van der Waals surface area contributed by atoms with Gasteiger partial charge in [-0.25, -0.2) is 4.98 Å². The molecular weight excluding hydrogens is 795 g/mol. The minimum Gasteiger partial charge on any atom is -0.507 e. The van der Waals surface area contributed by atoms with Crippen LogP contribution in [0, 0.1) is 0 Å². The molecule has 0 saturated carbocycles. The Morgan fingerprint density at radius 2 is 1.17 bits per heavy atom. The maximum Gasteiger partial charge on any atom is 0.149 e. The third-order valence-electron chi connectivity index (χ3n) is 12.8. The van der Waals surface area contributed by atoms with Crippen molar-refractivity contribution in [2.24, 2.45) is 0 Å². The number of imidazole rings is 1. The van der Waals surface area contributed by atoms with Crippen molar-refractivity contribution < 1.29 is 9.52 Å². The Labute approximate surface area is 382 Å². The Morgan fingerprint density at radius 3 is 1.88 bits per heavy atom. The van der Waals surface area contributed by atoms with Gasteiger partial charge in [0, 0.05) is 39.2 Å². The summed E-state index contributed by atoms with van der Waals surface area (Å²) < 4.78 is 8.97. The smallest absolute Gasteiger partial charge is 0.149 e. The lowest BCUT2D eigenvalue weighted by Gasteiger charge is -2.28. The molecule has 0 aliphatic carbocycles. The van der Waals surface area contributed by atoms with Crippen molar-refractivity contribution in [1.29, 1.82) is 0 Å². The van der Waals surface area contributed by atoms with Gasteiger partial charge in [-0.1, -0.05) is 165 Å². The zero-order chi connectivity index (χ0) is 45.4. The minimum atomic E-state index is -0.341. The average molecular weight is 850 g/mol. The van der Waals surface area contributed by atoms with Crippen molar-refractivity contribution in [1.82, 2.24) is 14.5 Å². The molecule has 3 heterocycles. The first-order valence-electron chi connectivity index (χ1n) is 22.6. The number of rotatable bonds is 6. The summed E-state index contributed by atoms with van der Waals surface area (Å²) in [6.45, 7) is 19.9. The summed E-state index contributed by atoms with van der Waals surface area (Å²) >= 11 is 0. The summed E-state index contributed by atoms with van der Waals surface area (Å²) in [5, 5.41) is 14.7. The van der Waals surface area contributed by atoms with E-state index in [9.17, 15) is 5.11 Å². The third kappa shape index (κ3) is 7.49. The highest BCUT2D eigenvalue weighted by molar-refractivity contribution is 6.16. The molecule has 0 aliphatic heterocycles. The number of nitrogens with zero attached hydrogens (tertiary/aromatic N) is 3. The molecule has 0 aliphatic rings. The van der Waals surface area contributed by atoms with Gasteiger partial charge in [0.25, 0.3) is 0 Å². The third-order valence-corrected chi connectivity index (χ3v) is 12.8. The van der Waals surface area contributed by atoms with Crippen LogP contribution in [-0.4, -0.2) is 19.6 Å². The van der Waals surface area contributed by atoms with Crippen LogP contribution in [0.1, 0.15) is 79.0 Å². The number of phenols is 1. The number of aromatic hydroxyl groups is 1. The maximum atomic E-state index is 12.6. The van der Waals surface area contributed by atoms with Gasteiger partial charge in [-0.05, 0) is 104 Å². The predicted octanol–water partition coefficient (Wildman–Crippen LogP) is 16.3. The molecule has 0 atom stereocenters. The quantitative estimate of drug-likeness (QED) is 0.181. The SMILES string of the molecule is CC(C)(C)c1ccc(-n2c(-c3cc(C(C)(C)C)cc(C(C)(C)C)c3O)nc3c(-c4cc(-c5cc(-c6ccccc6)ccn5)cc5oc6ccccc6c45)cccc32)c(-c2ccccc2)c1. The Balaban J connectivity index is 1.32. The van der Waals surface area contributed by atoms with Crippen LogP contribution in [0.25, 0.3) is 94.7 Å². The number of benzene rings is 7. The number of aromatic nitrogens is 3. The molecule has 5 nitrogen and oxygen atoms in total. The van der Waals surface area contributed by atoms with Crippen molar-refractivity contribution in [3.8, 4) is 67.5 Å². The highest BCUT2D eigenvalue weighted by Crippen LogP contribution is 2.47. The number of fused-ring (bicyclic) bond motifs is 4. The van der Waals surface area contributed by atoms with Crippen LogP contribution in [-0.2, 0) is 16.2 Å². The van der Waals surface area contributed by atoms with Gasteiger partial charge in [-0.2, -0.15) is 0 Å². The van der Waals surface area contributed by atoms with E-state index in [2.05, 4.69) is 206 Å². The summed E-state index contributed by atoms with van der Waals surface area (Å²) in [5.41, 5.74) is 15.7. The van der Waals surface area contributed by atoms with Gasteiger partial charge < -0.3 is 9.52 Å². The highest BCUT2D eigenvalue weighted by Gasteiger charge is 2.30. The number of phenolic OH excluding ortho intramolecular Hbond substituents is 1. The molecule has 322 valence electrons. The highest BCUT2D eigenvalue weighted by atomic mass is 16.3. The molecule has 10 rings (SSSR count).